The summed E-state index contributed by atoms with van der Waals surface area (Å²) in [7, 11) is 0. The number of ether oxygens (including phenoxy) is 4. The second-order valence-electron chi connectivity index (χ2n) is 15.2. The Kier molecular flexibility index (Phi) is 9.34. The maximum Gasteiger partial charge on any atom is 0.338 e. The lowest BCUT2D eigenvalue weighted by atomic mass is 9.44. The molecule has 3 aliphatic carbocycles. The van der Waals surface area contributed by atoms with E-state index < -0.39 is 101 Å². The number of ketones is 1. The number of carbonyl (C=O) groups excluding carboxylic acids is 4. The zero-order valence-electron chi connectivity index (χ0n) is 29.6. The number of aliphatic hydroxyl groups is 4. The van der Waals surface area contributed by atoms with Crippen molar-refractivity contribution in [2.75, 3.05) is 6.61 Å². The van der Waals surface area contributed by atoms with Crippen molar-refractivity contribution in [1.29, 1.82) is 0 Å². The van der Waals surface area contributed by atoms with Gasteiger partial charge in [-0.15, -0.1) is 0 Å². The van der Waals surface area contributed by atoms with Crippen LogP contribution >= 0.6 is 0 Å². The zero-order valence-corrected chi connectivity index (χ0v) is 29.6. The molecule has 0 spiro atoms. The minimum absolute atomic E-state index is 0.0193. The average Bonchev–Trinajstić information content (AvgIpc) is 3.09. The van der Waals surface area contributed by atoms with Gasteiger partial charge in [-0.3, -0.25) is 9.59 Å². The molecule has 11 atom stereocenters. The van der Waals surface area contributed by atoms with Gasteiger partial charge in [0, 0.05) is 31.1 Å². The maximum atomic E-state index is 14.8. The van der Waals surface area contributed by atoms with Gasteiger partial charge in [-0.05, 0) is 42.7 Å². The van der Waals surface area contributed by atoms with Gasteiger partial charge in [-0.2, -0.15) is 0 Å². The Hall–Kier alpha value is -3.94. The van der Waals surface area contributed by atoms with E-state index in [4.69, 9.17) is 18.9 Å². The lowest BCUT2D eigenvalue weighted by Crippen LogP contribution is -2.81. The first-order valence-electron chi connectivity index (χ1n) is 17.3. The van der Waals surface area contributed by atoms with Gasteiger partial charge in [-0.25, -0.2) is 9.59 Å². The van der Waals surface area contributed by atoms with Gasteiger partial charge in [0.15, 0.2) is 17.5 Å². The molecule has 1 saturated heterocycles. The second-order valence-corrected chi connectivity index (χ2v) is 15.2. The standard InChI is InChI=1S/C39H46O12/c1-20(23-13-9-7-10-14-23)29(42)35(46)49-25-18-39(47)33(50-34(45)24-15-11-8-12-16-24)31-37(6,32(44)30(43)28(21(25)2)36(39,4)5)26(41)17-27-38(31,19-48-27)51-22(3)40/h7-16,20,25-27,29-31,33,41-43,47H,17-19H2,1-6H3/t20-,25-,26-,27+,29+,30+,31-,33?,37+,38-,39?/m0/s1. The van der Waals surface area contributed by atoms with Crippen molar-refractivity contribution in [2.24, 2.45) is 16.7 Å². The first-order chi connectivity index (χ1) is 23.9. The van der Waals surface area contributed by atoms with Crippen molar-refractivity contribution in [3.05, 3.63) is 82.9 Å². The third-order valence-electron chi connectivity index (χ3n) is 12.2. The van der Waals surface area contributed by atoms with Gasteiger partial charge >= 0.3 is 17.9 Å². The van der Waals surface area contributed by atoms with E-state index in [1.54, 1.807) is 76.2 Å². The lowest BCUT2D eigenvalue weighted by Gasteiger charge is -2.67. The lowest BCUT2D eigenvalue weighted by molar-refractivity contribution is -0.346. The fourth-order valence-corrected chi connectivity index (χ4v) is 9.13. The number of benzene rings is 2. The third kappa shape index (κ3) is 5.54. The highest BCUT2D eigenvalue weighted by Gasteiger charge is 2.78. The van der Waals surface area contributed by atoms with Crippen LogP contribution in [-0.4, -0.2) is 98.6 Å². The summed E-state index contributed by atoms with van der Waals surface area (Å²) in [6.07, 6.45) is -9.53. The van der Waals surface area contributed by atoms with Crippen LogP contribution in [0.5, 0.6) is 0 Å². The van der Waals surface area contributed by atoms with E-state index in [-0.39, 0.29) is 29.7 Å². The molecule has 4 aliphatic rings. The number of hydrogen-bond donors (Lipinski definition) is 4. The van der Waals surface area contributed by atoms with E-state index in [0.29, 0.717) is 5.56 Å². The fraction of sp³-hybridized carbons (Fsp3) is 0.538. The molecule has 0 amide bonds. The molecule has 6 rings (SSSR count). The molecule has 2 aromatic rings. The average molecular weight is 707 g/mol. The van der Waals surface area contributed by atoms with E-state index >= 15 is 0 Å². The van der Waals surface area contributed by atoms with Crippen LogP contribution < -0.4 is 0 Å². The third-order valence-corrected chi connectivity index (χ3v) is 12.2. The first-order valence-corrected chi connectivity index (χ1v) is 17.3. The van der Waals surface area contributed by atoms with Crippen molar-refractivity contribution < 1.29 is 58.6 Å². The van der Waals surface area contributed by atoms with Gasteiger partial charge < -0.3 is 39.4 Å². The number of carbonyl (C=O) groups is 4. The van der Waals surface area contributed by atoms with Crippen molar-refractivity contribution in [3.63, 3.8) is 0 Å². The minimum Gasteiger partial charge on any atom is -0.456 e. The number of fused-ring (bicyclic) bond motifs is 5. The van der Waals surface area contributed by atoms with Crippen molar-refractivity contribution in [3.8, 4) is 0 Å². The first kappa shape index (κ1) is 36.8. The molecule has 0 radical (unpaired) electrons. The number of Topliss-reactive ketones (excluding diaryl/α,β-unsaturated/α-hetero) is 1. The predicted octanol–water partition coefficient (Wildman–Crippen LogP) is 2.80. The monoisotopic (exact) mass is 706 g/mol. The molecule has 1 heterocycles. The molecular weight excluding hydrogens is 660 g/mol. The molecule has 51 heavy (non-hydrogen) atoms. The largest absolute Gasteiger partial charge is 0.456 e. The second kappa shape index (κ2) is 12.9. The summed E-state index contributed by atoms with van der Waals surface area (Å²) in [4.78, 5) is 55.1. The quantitative estimate of drug-likeness (QED) is 0.188. The van der Waals surface area contributed by atoms with Crippen LogP contribution in [0, 0.1) is 16.7 Å². The van der Waals surface area contributed by atoms with Gasteiger partial charge in [0.05, 0.1) is 29.6 Å². The SMILES string of the molecule is CC(=O)O[C@@]12CO[C@@H]1C[C@H](O)[C@@]1(C)C(=O)[C@H](O)C3=C(C)[C@@H](OC(=O)[C@H](O)[C@@H](C)c4ccccc4)CC(O)(C(OC(=O)c4ccccc4)[C@H]21)C3(C)C. The van der Waals surface area contributed by atoms with Gasteiger partial charge in [0.2, 0.25) is 0 Å². The van der Waals surface area contributed by atoms with Crippen LogP contribution in [0.4, 0.5) is 0 Å². The Labute approximate surface area is 296 Å². The zero-order chi connectivity index (χ0) is 37.3. The number of rotatable bonds is 7. The Bertz CT molecular complexity index is 1740. The van der Waals surface area contributed by atoms with E-state index in [1.807, 2.05) is 0 Å². The highest BCUT2D eigenvalue weighted by atomic mass is 16.6. The van der Waals surface area contributed by atoms with Gasteiger partial charge in [0.1, 0.15) is 30.0 Å². The molecular formula is C39H46O12. The highest BCUT2D eigenvalue weighted by Crippen LogP contribution is 2.64. The topological polar surface area (TPSA) is 186 Å². The highest BCUT2D eigenvalue weighted by molar-refractivity contribution is 5.94. The molecule has 2 saturated carbocycles. The Balaban J connectivity index is 1.53. The molecule has 2 aromatic carbocycles. The Morgan fingerprint density at radius 2 is 1.57 bits per heavy atom. The number of hydrogen-bond acceptors (Lipinski definition) is 12. The minimum atomic E-state index is -2.24. The fourth-order valence-electron chi connectivity index (χ4n) is 9.13. The summed E-state index contributed by atoms with van der Waals surface area (Å²) in [5, 5.41) is 48.2. The van der Waals surface area contributed by atoms with Gasteiger partial charge in [-0.1, -0.05) is 69.3 Å². The van der Waals surface area contributed by atoms with E-state index in [0.717, 1.165) is 0 Å². The summed E-state index contributed by atoms with van der Waals surface area (Å²) in [5.41, 5.74) is -6.32. The normalized spacial score (nSPS) is 36.5. The molecule has 1 aliphatic heterocycles. The molecule has 2 unspecified atom stereocenters. The summed E-state index contributed by atoms with van der Waals surface area (Å²) in [6, 6.07) is 16.9. The molecule has 12 nitrogen and oxygen atoms in total. The summed E-state index contributed by atoms with van der Waals surface area (Å²) in [5.74, 6) is -5.58. The smallest absolute Gasteiger partial charge is 0.338 e. The van der Waals surface area contributed by atoms with Crippen molar-refractivity contribution in [2.45, 2.75) is 108 Å². The van der Waals surface area contributed by atoms with Crippen molar-refractivity contribution >= 4 is 23.7 Å². The van der Waals surface area contributed by atoms with Crippen LogP contribution in [0.3, 0.4) is 0 Å². The van der Waals surface area contributed by atoms with E-state index in [1.165, 1.54) is 26.0 Å². The molecule has 2 bridgehead atoms. The van der Waals surface area contributed by atoms with Crippen molar-refractivity contribution in [1.82, 2.24) is 0 Å². The van der Waals surface area contributed by atoms with Crippen LogP contribution in [0.2, 0.25) is 0 Å². The Morgan fingerprint density at radius 3 is 2.14 bits per heavy atom. The summed E-state index contributed by atoms with van der Waals surface area (Å²) in [6.45, 7) is 8.76. The van der Waals surface area contributed by atoms with E-state index in [9.17, 15) is 39.6 Å². The molecule has 12 heteroatoms. The van der Waals surface area contributed by atoms with Crippen LogP contribution in [0.1, 0.15) is 76.2 Å². The van der Waals surface area contributed by atoms with E-state index in [2.05, 4.69) is 0 Å². The molecule has 3 fully saturated rings. The summed E-state index contributed by atoms with van der Waals surface area (Å²) >= 11 is 0. The number of aliphatic hydroxyl groups excluding tert-OH is 3. The van der Waals surface area contributed by atoms with Gasteiger partial charge in [0.25, 0.3) is 0 Å². The molecule has 0 aromatic heterocycles. The maximum absolute atomic E-state index is 14.8. The Morgan fingerprint density at radius 1 is 0.961 bits per heavy atom. The summed E-state index contributed by atoms with van der Waals surface area (Å²) < 4.78 is 24.0. The predicted molar refractivity (Wildman–Crippen MR) is 180 cm³/mol. The van der Waals surface area contributed by atoms with Crippen LogP contribution in [0.15, 0.2) is 71.8 Å². The molecule has 4 N–H and O–H groups in total. The van der Waals surface area contributed by atoms with Crippen LogP contribution in [-0.2, 0) is 33.3 Å². The number of esters is 3. The molecule has 274 valence electrons. The van der Waals surface area contributed by atoms with Crippen LogP contribution in [0.25, 0.3) is 0 Å².